The van der Waals surface area contributed by atoms with Gasteiger partial charge in [0.25, 0.3) is 0 Å². The minimum Gasteiger partial charge on any atom is -0.507 e. The number of aromatic hydroxyl groups is 2. The van der Waals surface area contributed by atoms with Crippen LogP contribution < -0.4 is 0 Å². The van der Waals surface area contributed by atoms with Gasteiger partial charge in [0, 0.05) is 17.7 Å². The second-order valence-electron chi connectivity index (χ2n) is 3.24. The van der Waals surface area contributed by atoms with Gasteiger partial charge in [0.2, 0.25) is 0 Å². The van der Waals surface area contributed by atoms with Crippen molar-refractivity contribution in [2.45, 2.75) is 0 Å². The molecule has 1 aromatic heterocycles. The van der Waals surface area contributed by atoms with Gasteiger partial charge >= 0.3 is 5.69 Å². The highest BCUT2D eigenvalue weighted by atomic mass is 16.6. The third kappa shape index (κ3) is 2.24. The smallest absolute Gasteiger partial charge is 0.311 e. The number of phenols is 2. The molecule has 1 aromatic carbocycles. The molecule has 0 bridgehead atoms. The highest BCUT2D eigenvalue weighted by Gasteiger charge is 2.16. The number of nitro groups is 1. The number of phenolic OH excluding ortho intramolecular Hbond substituents is 2. The molecule has 0 saturated carbocycles. The maximum absolute atomic E-state index is 10.6. The summed E-state index contributed by atoms with van der Waals surface area (Å²) in [5.41, 5.74) is -0.425. The van der Waals surface area contributed by atoms with E-state index >= 15 is 0 Å². The van der Waals surface area contributed by atoms with E-state index < -0.39 is 16.4 Å². The molecule has 0 fully saturated rings. The summed E-state index contributed by atoms with van der Waals surface area (Å²) < 4.78 is 1.25. The maximum Gasteiger partial charge on any atom is 0.311 e. The first-order valence-electron chi connectivity index (χ1n) is 4.67. The Labute approximate surface area is 99.8 Å². The van der Waals surface area contributed by atoms with Crippen LogP contribution in [-0.2, 0) is 0 Å². The number of rotatable bonds is 3. The van der Waals surface area contributed by atoms with Crippen LogP contribution in [0.4, 0.5) is 5.69 Å². The summed E-state index contributed by atoms with van der Waals surface area (Å²) in [4.78, 5) is 9.85. The van der Waals surface area contributed by atoms with Gasteiger partial charge in [-0.05, 0) is 0 Å². The molecule has 0 unspecified atom stereocenters. The van der Waals surface area contributed by atoms with Crippen molar-refractivity contribution in [1.82, 2.24) is 14.9 Å². The zero-order valence-corrected chi connectivity index (χ0v) is 8.83. The van der Waals surface area contributed by atoms with Gasteiger partial charge in [0.15, 0.2) is 5.75 Å². The van der Waals surface area contributed by atoms with E-state index in [1.54, 1.807) is 0 Å². The Bertz CT molecular complexity index is 608. The lowest BCUT2D eigenvalue weighted by Gasteiger charge is -2.01. The van der Waals surface area contributed by atoms with Gasteiger partial charge in [-0.2, -0.15) is 5.10 Å². The van der Waals surface area contributed by atoms with Crippen molar-refractivity contribution in [3.63, 3.8) is 0 Å². The van der Waals surface area contributed by atoms with Gasteiger partial charge in [-0.1, -0.05) is 0 Å². The molecule has 0 saturated heterocycles. The van der Waals surface area contributed by atoms with Crippen LogP contribution in [0.3, 0.4) is 0 Å². The first kappa shape index (κ1) is 11.5. The molecule has 0 spiro atoms. The quantitative estimate of drug-likeness (QED) is 0.462. The topological polar surface area (TPSA) is 127 Å². The van der Waals surface area contributed by atoms with Gasteiger partial charge in [0.05, 0.1) is 11.1 Å². The third-order valence-electron chi connectivity index (χ3n) is 2.06. The van der Waals surface area contributed by atoms with Crippen molar-refractivity contribution in [3.05, 3.63) is 40.5 Å². The lowest BCUT2D eigenvalue weighted by Crippen LogP contribution is -1.93. The molecule has 0 amide bonds. The van der Waals surface area contributed by atoms with Crippen LogP contribution in [0, 0.1) is 10.1 Å². The third-order valence-corrected chi connectivity index (χ3v) is 2.06. The molecule has 18 heavy (non-hydrogen) atoms. The lowest BCUT2D eigenvalue weighted by atomic mass is 10.2. The molecule has 0 atom stereocenters. The highest BCUT2D eigenvalue weighted by molar-refractivity contribution is 5.85. The van der Waals surface area contributed by atoms with E-state index in [1.165, 1.54) is 23.5 Å². The molecule has 9 nitrogen and oxygen atoms in total. The largest absolute Gasteiger partial charge is 0.507 e. The molecule has 0 aliphatic heterocycles. The van der Waals surface area contributed by atoms with Crippen LogP contribution in [-0.4, -0.2) is 36.2 Å². The molecule has 0 aliphatic carbocycles. The van der Waals surface area contributed by atoms with Crippen LogP contribution in [0.1, 0.15) is 5.56 Å². The maximum atomic E-state index is 10.6. The second kappa shape index (κ2) is 4.49. The minimum atomic E-state index is -0.759. The molecule has 0 aliphatic rings. The average molecular weight is 249 g/mol. The predicted molar refractivity (Wildman–Crippen MR) is 59.4 cm³/mol. The van der Waals surface area contributed by atoms with E-state index in [2.05, 4.69) is 15.3 Å². The fourth-order valence-corrected chi connectivity index (χ4v) is 1.22. The zero-order chi connectivity index (χ0) is 13.1. The van der Waals surface area contributed by atoms with E-state index in [-0.39, 0.29) is 11.3 Å². The molecular formula is C9H7N5O4. The van der Waals surface area contributed by atoms with Crippen molar-refractivity contribution in [1.29, 1.82) is 0 Å². The number of hydrogen-bond acceptors (Lipinski definition) is 7. The Kier molecular flexibility index (Phi) is 2.87. The summed E-state index contributed by atoms with van der Waals surface area (Å²) in [5, 5.41) is 40.2. The Morgan fingerprint density at radius 2 is 1.94 bits per heavy atom. The Hall–Kier alpha value is -2.97. The summed E-state index contributed by atoms with van der Waals surface area (Å²) in [6.45, 7) is 0. The number of nitro benzene ring substituents is 1. The average Bonchev–Trinajstić information content (AvgIpc) is 2.80. The van der Waals surface area contributed by atoms with Crippen LogP contribution >= 0.6 is 0 Å². The lowest BCUT2D eigenvalue weighted by molar-refractivity contribution is -0.385. The van der Waals surface area contributed by atoms with Gasteiger partial charge in [-0.15, -0.1) is 10.2 Å². The molecule has 2 aromatic rings. The van der Waals surface area contributed by atoms with Gasteiger partial charge in [-0.25, -0.2) is 4.68 Å². The Morgan fingerprint density at radius 1 is 1.28 bits per heavy atom. The summed E-state index contributed by atoms with van der Waals surface area (Å²) in [7, 11) is 0. The molecule has 2 N–H and O–H groups in total. The van der Waals surface area contributed by atoms with Crippen LogP contribution in [0.15, 0.2) is 29.9 Å². The molecule has 1 heterocycles. The fraction of sp³-hybridized carbons (Fsp3) is 0. The monoisotopic (exact) mass is 249 g/mol. The van der Waals surface area contributed by atoms with Crippen molar-refractivity contribution >= 4 is 11.9 Å². The summed E-state index contributed by atoms with van der Waals surface area (Å²) >= 11 is 0. The molecule has 9 heteroatoms. The predicted octanol–water partition coefficient (Wildman–Crippen LogP) is 0.480. The number of nitrogens with zero attached hydrogens (tertiary/aromatic N) is 5. The van der Waals surface area contributed by atoms with Gasteiger partial charge < -0.3 is 10.2 Å². The Balaban J connectivity index is 2.39. The number of benzene rings is 1. The van der Waals surface area contributed by atoms with E-state index in [9.17, 15) is 20.3 Å². The zero-order valence-electron chi connectivity index (χ0n) is 8.83. The van der Waals surface area contributed by atoms with Crippen LogP contribution in [0.5, 0.6) is 11.5 Å². The van der Waals surface area contributed by atoms with E-state index in [0.717, 1.165) is 12.1 Å². The standard InChI is InChI=1S/C9H7N5O4/c15-8-2-9(16)7(14(17)18)1-6(8)3-12-13-4-10-11-5-13/h1-5,15-16H/b12-3-. The van der Waals surface area contributed by atoms with Crippen molar-refractivity contribution in [3.8, 4) is 11.5 Å². The highest BCUT2D eigenvalue weighted by Crippen LogP contribution is 2.31. The van der Waals surface area contributed by atoms with Crippen molar-refractivity contribution in [2.75, 3.05) is 0 Å². The van der Waals surface area contributed by atoms with E-state index in [4.69, 9.17) is 0 Å². The SMILES string of the molecule is O=[N+]([O-])c1cc(/C=N\n2cnnc2)c(O)cc1O. The minimum absolute atomic E-state index is 0.0909. The van der Waals surface area contributed by atoms with Gasteiger partial charge in [-0.3, -0.25) is 10.1 Å². The van der Waals surface area contributed by atoms with Gasteiger partial charge in [0.1, 0.15) is 18.4 Å². The number of hydrogen-bond donors (Lipinski definition) is 2. The number of aromatic nitrogens is 3. The molecular weight excluding hydrogens is 242 g/mol. The fourth-order valence-electron chi connectivity index (χ4n) is 1.22. The summed E-state index contributed by atoms with van der Waals surface area (Å²) in [5.74, 6) is -0.936. The molecule has 2 rings (SSSR count). The van der Waals surface area contributed by atoms with E-state index in [0.29, 0.717) is 0 Å². The summed E-state index contributed by atoms with van der Waals surface area (Å²) in [6, 6.07) is 1.89. The first-order valence-corrected chi connectivity index (χ1v) is 4.67. The summed E-state index contributed by atoms with van der Waals surface area (Å²) in [6.07, 6.45) is 3.80. The molecule has 92 valence electrons. The van der Waals surface area contributed by atoms with Crippen molar-refractivity contribution in [2.24, 2.45) is 5.10 Å². The second-order valence-corrected chi connectivity index (χ2v) is 3.24. The van der Waals surface area contributed by atoms with Crippen LogP contribution in [0.2, 0.25) is 0 Å². The molecule has 0 radical (unpaired) electrons. The Morgan fingerprint density at radius 3 is 2.56 bits per heavy atom. The normalized spacial score (nSPS) is 10.9. The first-order chi connectivity index (χ1) is 8.58. The van der Waals surface area contributed by atoms with Crippen LogP contribution in [0.25, 0.3) is 0 Å². The van der Waals surface area contributed by atoms with Crippen molar-refractivity contribution < 1.29 is 15.1 Å². The van der Waals surface area contributed by atoms with E-state index in [1.807, 2.05) is 0 Å².